The molecule has 0 amide bonds. The van der Waals surface area contributed by atoms with Crippen molar-refractivity contribution in [3.05, 3.63) is 29.8 Å². The molecule has 0 unspecified atom stereocenters. The summed E-state index contributed by atoms with van der Waals surface area (Å²) in [7, 11) is -3.04. The van der Waals surface area contributed by atoms with Crippen molar-refractivity contribution in [2.45, 2.75) is 19.8 Å². The highest BCUT2D eigenvalue weighted by Gasteiger charge is 2.25. The Balaban J connectivity index is 1.78. The van der Waals surface area contributed by atoms with Gasteiger partial charge in [-0.2, -0.15) is 4.31 Å². The first-order chi connectivity index (χ1) is 10.0. The quantitative estimate of drug-likeness (QED) is 0.801. The van der Waals surface area contributed by atoms with Crippen LogP contribution < -0.4 is 5.73 Å². The molecule has 1 aromatic carbocycles. The van der Waals surface area contributed by atoms with Crippen molar-refractivity contribution in [2.24, 2.45) is 0 Å². The van der Waals surface area contributed by atoms with Gasteiger partial charge in [-0.1, -0.05) is 19.1 Å². The van der Waals surface area contributed by atoms with Crippen molar-refractivity contribution < 1.29 is 8.42 Å². The lowest BCUT2D eigenvalue weighted by Crippen LogP contribution is -2.49. The minimum absolute atomic E-state index is 0.262. The van der Waals surface area contributed by atoms with Crippen molar-refractivity contribution >= 4 is 15.7 Å². The molecule has 1 aliphatic heterocycles. The molecule has 0 radical (unpaired) electrons. The van der Waals surface area contributed by atoms with Crippen molar-refractivity contribution in [3.8, 4) is 0 Å². The molecular formula is C15H25N3O2S. The van der Waals surface area contributed by atoms with E-state index < -0.39 is 10.0 Å². The maximum atomic E-state index is 12.0. The first-order valence-corrected chi connectivity index (χ1v) is 9.17. The molecule has 1 heterocycles. The number of nitrogen functional groups attached to an aromatic ring is 1. The first kappa shape index (κ1) is 16.3. The van der Waals surface area contributed by atoms with Crippen LogP contribution in [0.1, 0.15) is 18.9 Å². The van der Waals surface area contributed by atoms with Crippen LogP contribution in [0.15, 0.2) is 24.3 Å². The zero-order valence-electron chi connectivity index (χ0n) is 12.7. The second kappa shape index (κ2) is 7.24. The minimum atomic E-state index is -3.04. The van der Waals surface area contributed by atoms with Gasteiger partial charge in [-0.05, 0) is 30.5 Å². The van der Waals surface area contributed by atoms with E-state index in [-0.39, 0.29) is 5.75 Å². The SMILES string of the molecule is CCCS(=O)(=O)N1CCN(CCc2ccc(N)cc2)CC1. The molecule has 0 saturated carbocycles. The Morgan fingerprint density at radius 1 is 1.10 bits per heavy atom. The van der Waals surface area contributed by atoms with Gasteiger partial charge in [0.1, 0.15) is 0 Å². The smallest absolute Gasteiger partial charge is 0.214 e. The van der Waals surface area contributed by atoms with E-state index in [9.17, 15) is 8.42 Å². The van der Waals surface area contributed by atoms with Crippen molar-refractivity contribution in [3.63, 3.8) is 0 Å². The number of anilines is 1. The first-order valence-electron chi connectivity index (χ1n) is 7.56. The Kier molecular flexibility index (Phi) is 5.61. The van der Waals surface area contributed by atoms with Gasteiger partial charge in [-0.15, -0.1) is 0 Å². The Bertz CT molecular complexity index is 535. The molecule has 1 fully saturated rings. The molecule has 1 aliphatic rings. The van der Waals surface area contributed by atoms with E-state index in [1.165, 1.54) is 5.56 Å². The molecule has 0 aliphatic carbocycles. The van der Waals surface area contributed by atoms with Gasteiger partial charge in [0.25, 0.3) is 0 Å². The Hall–Kier alpha value is -1.11. The number of hydrogen-bond donors (Lipinski definition) is 1. The average Bonchev–Trinajstić information content (AvgIpc) is 2.47. The van der Waals surface area contributed by atoms with Crippen LogP contribution in [-0.2, 0) is 16.4 Å². The van der Waals surface area contributed by atoms with Gasteiger partial charge >= 0.3 is 0 Å². The third kappa shape index (κ3) is 4.69. The normalized spacial score (nSPS) is 18.0. The fourth-order valence-corrected chi connectivity index (χ4v) is 4.08. The van der Waals surface area contributed by atoms with Crippen LogP contribution in [0, 0.1) is 0 Å². The number of hydrogen-bond acceptors (Lipinski definition) is 4. The fraction of sp³-hybridized carbons (Fsp3) is 0.600. The number of rotatable bonds is 6. The van der Waals surface area contributed by atoms with Crippen molar-refractivity contribution in [2.75, 3.05) is 44.2 Å². The fourth-order valence-electron chi connectivity index (χ4n) is 2.59. The Morgan fingerprint density at radius 3 is 2.29 bits per heavy atom. The van der Waals surface area contributed by atoms with Crippen LogP contribution in [-0.4, -0.2) is 56.1 Å². The monoisotopic (exact) mass is 311 g/mol. The van der Waals surface area contributed by atoms with Crippen LogP contribution in [0.3, 0.4) is 0 Å². The van der Waals surface area contributed by atoms with Gasteiger partial charge in [0.05, 0.1) is 5.75 Å². The Labute approximate surface area is 127 Å². The summed E-state index contributed by atoms with van der Waals surface area (Å²) in [5.74, 6) is 0.262. The van der Waals surface area contributed by atoms with E-state index in [1.807, 2.05) is 19.1 Å². The molecule has 21 heavy (non-hydrogen) atoms. The van der Waals surface area contributed by atoms with Crippen LogP contribution in [0.4, 0.5) is 5.69 Å². The highest BCUT2D eigenvalue weighted by molar-refractivity contribution is 7.89. The number of benzene rings is 1. The molecule has 2 rings (SSSR count). The maximum absolute atomic E-state index is 12.0. The van der Waals surface area contributed by atoms with E-state index >= 15 is 0 Å². The number of sulfonamides is 1. The van der Waals surface area contributed by atoms with Gasteiger partial charge in [-0.3, -0.25) is 0 Å². The molecule has 0 bridgehead atoms. The Morgan fingerprint density at radius 2 is 1.71 bits per heavy atom. The third-order valence-electron chi connectivity index (χ3n) is 3.88. The van der Waals surface area contributed by atoms with E-state index in [4.69, 9.17) is 5.73 Å². The molecule has 118 valence electrons. The maximum Gasteiger partial charge on any atom is 0.214 e. The van der Waals surface area contributed by atoms with Gasteiger partial charge in [0.15, 0.2) is 0 Å². The summed E-state index contributed by atoms with van der Waals surface area (Å²) < 4.78 is 25.6. The van der Waals surface area contributed by atoms with Crippen LogP contribution in [0.5, 0.6) is 0 Å². The second-order valence-electron chi connectivity index (χ2n) is 5.55. The predicted molar refractivity (Wildman–Crippen MR) is 86.6 cm³/mol. The molecule has 6 heteroatoms. The highest BCUT2D eigenvalue weighted by atomic mass is 32.2. The van der Waals surface area contributed by atoms with E-state index in [0.29, 0.717) is 19.5 Å². The highest BCUT2D eigenvalue weighted by Crippen LogP contribution is 2.11. The molecule has 0 spiro atoms. The summed E-state index contributed by atoms with van der Waals surface area (Å²) in [6.07, 6.45) is 1.65. The van der Waals surface area contributed by atoms with E-state index in [1.54, 1.807) is 4.31 Å². The van der Waals surface area contributed by atoms with Gasteiger partial charge in [-0.25, -0.2) is 8.42 Å². The summed E-state index contributed by atoms with van der Waals surface area (Å²) >= 11 is 0. The molecule has 0 aromatic heterocycles. The van der Waals surface area contributed by atoms with Gasteiger partial charge in [0.2, 0.25) is 10.0 Å². The summed E-state index contributed by atoms with van der Waals surface area (Å²) in [6, 6.07) is 7.95. The molecular weight excluding hydrogens is 286 g/mol. The lowest BCUT2D eigenvalue weighted by molar-refractivity contribution is 0.190. The molecule has 1 saturated heterocycles. The second-order valence-corrected chi connectivity index (χ2v) is 7.64. The van der Waals surface area contributed by atoms with Crippen molar-refractivity contribution in [1.82, 2.24) is 9.21 Å². The van der Waals surface area contributed by atoms with Gasteiger partial charge < -0.3 is 10.6 Å². The molecule has 1 aromatic rings. The third-order valence-corrected chi connectivity index (χ3v) is 5.96. The summed E-state index contributed by atoms with van der Waals surface area (Å²) in [5.41, 5.74) is 7.73. The van der Waals surface area contributed by atoms with Crippen LogP contribution in [0.25, 0.3) is 0 Å². The number of piperazine rings is 1. The van der Waals surface area contributed by atoms with Crippen molar-refractivity contribution in [1.29, 1.82) is 0 Å². The lowest BCUT2D eigenvalue weighted by Gasteiger charge is -2.34. The summed E-state index contributed by atoms with van der Waals surface area (Å²) in [5, 5.41) is 0. The van der Waals surface area contributed by atoms with Gasteiger partial charge in [0, 0.05) is 38.4 Å². The number of nitrogens with two attached hydrogens (primary N) is 1. The lowest BCUT2D eigenvalue weighted by atomic mass is 10.1. The summed E-state index contributed by atoms with van der Waals surface area (Å²) in [6.45, 7) is 5.73. The largest absolute Gasteiger partial charge is 0.399 e. The topological polar surface area (TPSA) is 66.6 Å². The zero-order valence-corrected chi connectivity index (χ0v) is 13.5. The molecule has 5 nitrogen and oxygen atoms in total. The van der Waals surface area contributed by atoms with Crippen LogP contribution >= 0.6 is 0 Å². The molecule has 2 N–H and O–H groups in total. The van der Waals surface area contributed by atoms with E-state index in [0.717, 1.165) is 31.7 Å². The van der Waals surface area contributed by atoms with Crippen LogP contribution in [0.2, 0.25) is 0 Å². The number of nitrogens with zero attached hydrogens (tertiary/aromatic N) is 2. The summed E-state index contributed by atoms with van der Waals surface area (Å²) in [4.78, 5) is 2.33. The molecule has 0 atom stereocenters. The predicted octanol–water partition coefficient (Wildman–Crippen LogP) is 1.17. The standard InChI is InChI=1S/C15H25N3O2S/c1-2-13-21(19,20)18-11-9-17(10-12-18)8-7-14-3-5-15(16)6-4-14/h3-6H,2,7-13,16H2,1H3. The van der Waals surface area contributed by atoms with E-state index in [2.05, 4.69) is 17.0 Å². The minimum Gasteiger partial charge on any atom is -0.399 e. The zero-order chi connectivity index (χ0) is 15.3. The average molecular weight is 311 g/mol.